The molecular weight excluding hydrogens is 216 g/mol. The van der Waals surface area contributed by atoms with Crippen LogP contribution in [0.2, 0.25) is 0 Å². The van der Waals surface area contributed by atoms with Crippen molar-refractivity contribution in [2.24, 2.45) is 7.05 Å². The zero-order valence-electron chi connectivity index (χ0n) is 10.2. The number of fused-ring (bicyclic) bond motifs is 2. The molecule has 5 nitrogen and oxygen atoms in total. The zero-order valence-corrected chi connectivity index (χ0v) is 10.2. The molecule has 2 atom stereocenters. The number of carbonyl (C=O) groups excluding carboxylic acids is 1. The number of nitrogens with zero attached hydrogens (tertiary/aromatic N) is 4. The number of ketones is 1. The number of carbonyl (C=O) groups is 1. The number of hydrogen-bond donors (Lipinski definition) is 0. The summed E-state index contributed by atoms with van der Waals surface area (Å²) in [5.74, 6) is 1.31. The molecule has 0 amide bonds. The first-order chi connectivity index (χ1) is 8.22. The average Bonchev–Trinajstić information content (AvgIpc) is 2.65. The Labute approximate surface area is 101 Å². The van der Waals surface area contributed by atoms with Crippen LogP contribution in [-0.4, -0.2) is 37.5 Å². The van der Waals surface area contributed by atoms with Crippen LogP contribution in [0.1, 0.15) is 37.9 Å². The van der Waals surface area contributed by atoms with Crippen LogP contribution in [0.15, 0.2) is 6.33 Å². The van der Waals surface area contributed by atoms with Gasteiger partial charge in [0.2, 0.25) is 0 Å². The molecule has 0 aromatic carbocycles. The minimum atomic E-state index is 0.429. The summed E-state index contributed by atoms with van der Waals surface area (Å²) >= 11 is 0. The molecule has 2 unspecified atom stereocenters. The maximum atomic E-state index is 11.6. The summed E-state index contributed by atoms with van der Waals surface area (Å²) in [6, 6.07) is 0.859. The minimum Gasteiger partial charge on any atom is -0.300 e. The van der Waals surface area contributed by atoms with Gasteiger partial charge in [0.15, 0.2) is 5.82 Å². The van der Waals surface area contributed by atoms with Gasteiger partial charge in [-0.2, -0.15) is 5.10 Å². The van der Waals surface area contributed by atoms with Gasteiger partial charge in [-0.15, -0.1) is 0 Å². The standard InChI is InChI=1S/C12H18N4O/c1-15-8-13-12(14-15)7-16-9-3-2-4-10(16)6-11(17)5-9/h8-10H,2-7H2,1H3. The van der Waals surface area contributed by atoms with Gasteiger partial charge in [0, 0.05) is 32.0 Å². The molecule has 2 saturated heterocycles. The SMILES string of the molecule is Cn1cnc(CN2C3CCCC2CC(=O)C3)n1. The van der Waals surface area contributed by atoms with Crippen LogP contribution >= 0.6 is 0 Å². The zero-order chi connectivity index (χ0) is 11.8. The number of hydrogen-bond acceptors (Lipinski definition) is 4. The maximum absolute atomic E-state index is 11.6. The molecule has 0 N–H and O–H groups in total. The normalized spacial score (nSPS) is 29.6. The average molecular weight is 234 g/mol. The van der Waals surface area contributed by atoms with E-state index in [1.807, 2.05) is 7.05 Å². The predicted molar refractivity (Wildman–Crippen MR) is 62.2 cm³/mol. The van der Waals surface area contributed by atoms with Crippen LogP contribution in [0, 0.1) is 0 Å². The second-order valence-electron chi connectivity index (χ2n) is 5.19. The first-order valence-electron chi connectivity index (χ1n) is 6.34. The van der Waals surface area contributed by atoms with Gasteiger partial charge in [-0.3, -0.25) is 14.4 Å². The van der Waals surface area contributed by atoms with E-state index in [1.165, 1.54) is 6.42 Å². The summed E-state index contributed by atoms with van der Waals surface area (Å²) in [5.41, 5.74) is 0. The molecule has 5 heteroatoms. The van der Waals surface area contributed by atoms with E-state index < -0.39 is 0 Å². The van der Waals surface area contributed by atoms with Gasteiger partial charge in [0.05, 0.1) is 6.54 Å². The van der Waals surface area contributed by atoms with Crippen molar-refractivity contribution in [3.63, 3.8) is 0 Å². The summed E-state index contributed by atoms with van der Waals surface area (Å²) in [5, 5.41) is 4.33. The van der Waals surface area contributed by atoms with E-state index in [9.17, 15) is 4.79 Å². The lowest BCUT2D eigenvalue weighted by Gasteiger charge is -2.44. The van der Waals surface area contributed by atoms with Crippen LogP contribution in [0.5, 0.6) is 0 Å². The molecule has 1 aromatic heterocycles. The quantitative estimate of drug-likeness (QED) is 0.763. The van der Waals surface area contributed by atoms with Crippen molar-refractivity contribution in [3.8, 4) is 0 Å². The van der Waals surface area contributed by atoms with E-state index in [1.54, 1.807) is 11.0 Å². The van der Waals surface area contributed by atoms with Crippen LogP contribution in [-0.2, 0) is 18.4 Å². The molecule has 92 valence electrons. The van der Waals surface area contributed by atoms with Gasteiger partial charge in [0.25, 0.3) is 0 Å². The van der Waals surface area contributed by atoms with Crippen LogP contribution in [0.25, 0.3) is 0 Å². The number of Topliss-reactive ketones (excluding diaryl/α,β-unsaturated/α-hetero) is 1. The molecule has 0 spiro atoms. The molecule has 0 radical (unpaired) electrons. The van der Waals surface area contributed by atoms with Crippen molar-refractivity contribution >= 4 is 5.78 Å². The second-order valence-corrected chi connectivity index (χ2v) is 5.19. The largest absolute Gasteiger partial charge is 0.300 e. The monoisotopic (exact) mass is 234 g/mol. The van der Waals surface area contributed by atoms with E-state index in [-0.39, 0.29) is 0 Å². The highest BCUT2D eigenvalue weighted by atomic mass is 16.1. The first kappa shape index (κ1) is 10.9. The molecule has 0 saturated carbocycles. The van der Waals surface area contributed by atoms with Gasteiger partial charge in [-0.05, 0) is 12.8 Å². The molecule has 1 aromatic rings. The molecule has 2 bridgehead atoms. The smallest absolute Gasteiger partial charge is 0.164 e. The number of rotatable bonds is 2. The summed E-state index contributed by atoms with van der Waals surface area (Å²) in [6.45, 7) is 0.795. The van der Waals surface area contributed by atoms with Crippen molar-refractivity contribution in [1.82, 2.24) is 19.7 Å². The fraction of sp³-hybridized carbons (Fsp3) is 0.750. The Kier molecular flexibility index (Phi) is 2.70. The van der Waals surface area contributed by atoms with Crippen molar-refractivity contribution in [1.29, 1.82) is 0 Å². The van der Waals surface area contributed by atoms with E-state index in [4.69, 9.17) is 0 Å². The summed E-state index contributed by atoms with van der Waals surface area (Å²) in [6.07, 6.45) is 6.74. The Morgan fingerprint density at radius 3 is 2.65 bits per heavy atom. The van der Waals surface area contributed by atoms with Crippen molar-refractivity contribution < 1.29 is 4.79 Å². The fourth-order valence-electron chi connectivity index (χ4n) is 3.14. The molecule has 2 aliphatic heterocycles. The van der Waals surface area contributed by atoms with Crippen molar-refractivity contribution in [3.05, 3.63) is 12.2 Å². The Morgan fingerprint density at radius 2 is 2.06 bits per heavy atom. The van der Waals surface area contributed by atoms with E-state index in [0.717, 1.165) is 38.1 Å². The number of aromatic nitrogens is 3. The topological polar surface area (TPSA) is 51.0 Å². The second kappa shape index (κ2) is 4.22. The third kappa shape index (κ3) is 2.11. The van der Waals surface area contributed by atoms with E-state index >= 15 is 0 Å². The van der Waals surface area contributed by atoms with Gasteiger partial charge in [0.1, 0.15) is 12.1 Å². The summed E-state index contributed by atoms with van der Waals surface area (Å²) in [4.78, 5) is 18.3. The highest BCUT2D eigenvalue weighted by Gasteiger charge is 2.37. The first-order valence-corrected chi connectivity index (χ1v) is 6.34. The Balaban J connectivity index is 1.76. The Bertz CT molecular complexity index is 412. The van der Waals surface area contributed by atoms with Gasteiger partial charge in [-0.1, -0.05) is 6.42 Å². The molecule has 0 aliphatic carbocycles. The van der Waals surface area contributed by atoms with Crippen LogP contribution in [0.4, 0.5) is 0 Å². The Hall–Kier alpha value is -1.23. The molecule has 3 rings (SSSR count). The van der Waals surface area contributed by atoms with Crippen LogP contribution in [0.3, 0.4) is 0 Å². The van der Waals surface area contributed by atoms with E-state index in [2.05, 4.69) is 15.0 Å². The third-order valence-corrected chi connectivity index (χ3v) is 3.91. The molecule has 2 fully saturated rings. The molecule has 2 aliphatic rings. The number of piperidine rings is 2. The lowest BCUT2D eigenvalue weighted by molar-refractivity contribution is -0.127. The van der Waals surface area contributed by atoms with Gasteiger partial charge >= 0.3 is 0 Å². The highest BCUT2D eigenvalue weighted by Crippen LogP contribution is 2.32. The fourth-order valence-corrected chi connectivity index (χ4v) is 3.14. The van der Waals surface area contributed by atoms with Crippen LogP contribution < -0.4 is 0 Å². The lowest BCUT2D eigenvalue weighted by atomic mass is 9.84. The predicted octanol–water partition coefficient (Wildman–Crippen LogP) is 0.901. The van der Waals surface area contributed by atoms with Gasteiger partial charge < -0.3 is 0 Å². The summed E-state index contributed by atoms with van der Waals surface area (Å²) in [7, 11) is 1.89. The Morgan fingerprint density at radius 1 is 1.35 bits per heavy atom. The molecule has 3 heterocycles. The maximum Gasteiger partial charge on any atom is 0.164 e. The van der Waals surface area contributed by atoms with E-state index in [0.29, 0.717) is 17.9 Å². The van der Waals surface area contributed by atoms with Crippen molar-refractivity contribution in [2.45, 2.75) is 50.7 Å². The third-order valence-electron chi connectivity index (χ3n) is 3.91. The summed E-state index contributed by atoms with van der Waals surface area (Å²) < 4.78 is 1.74. The number of aryl methyl sites for hydroxylation is 1. The minimum absolute atomic E-state index is 0.429. The molecule has 17 heavy (non-hydrogen) atoms. The van der Waals surface area contributed by atoms with Crippen molar-refractivity contribution in [2.75, 3.05) is 0 Å². The lowest BCUT2D eigenvalue weighted by Crippen LogP contribution is -2.51. The van der Waals surface area contributed by atoms with Gasteiger partial charge in [-0.25, -0.2) is 4.98 Å². The molecular formula is C12H18N4O. The highest BCUT2D eigenvalue weighted by molar-refractivity contribution is 5.80.